The van der Waals surface area contributed by atoms with E-state index in [0.29, 0.717) is 0 Å². The molecule has 1 aliphatic heterocycles. The van der Waals surface area contributed by atoms with Crippen molar-refractivity contribution in [3.63, 3.8) is 0 Å². The van der Waals surface area contributed by atoms with E-state index in [1.807, 2.05) is 0 Å². The zero-order chi connectivity index (χ0) is 14.7. The molecule has 3 aliphatic rings. The molecule has 2 aliphatic carbocycles. The van der Waals surface area contributed by atoms with E-state index >= 15 is 0 Å². The molecule has 0 bridgehead atoms. The first-order valence-corrected chi connectivity index (χ1v) is 9.69. The van der Waals surface area contributed by atoms with Crippen LogP contribution in [-0.2, 0) is 0 Å². The van der Waals surface area contributed by atoms with E-state index in [1.165, 1.54) is 77.4 Å². The topological polar surface area (TPSA) is 15.3 Å². The molecule has 1 saturated heterocycles. The van der Waals surface area contributed by atoms with Gasteiger partial charge in [0.15, 0.2) is 0 Å². The van der Waals surface area contributed by atoms with Gasteiger partial charge in [-0.15, -0.1) is 0 Å². The smallest absolute Gasteiger partial charge is 0.0200 e. The SMILES string of the molecule is CC(C)C1CC(NC2CCCCC2)CN(CC2CCC2)C1. The van der Waals surface area contributed by atoms with Gasteiger partial charge in [-0.05, 0) is 49.9 Å². The van der Waals surface area contributed by atoms with E-state index in [-0.39, 0.29) is 0 Å². The molecule has 0 radical (unpaired) electrons. The lowest BCUT2D eigenvalue weighted by atomic mass is 9.81. The van der Waals surface area contributed by atoms with Gasteiger partial charge in [-0.1, -0.05) is 39.5 Å². The first-order chi connectivity index (χ1) is 10.2. The molecule has 0 spiro atoms. The van der Waals surface area contributed by atoms with E-state index < -0.39 is 0 Å². The van der Waals surface area contributed by atoms with Crippen molar-refractivity contribution in [2.45, 2.75) is 83.7 Å². The zero-order valence-electron chi connectivity index (χ0n) is 14.3. The Morgan fingerprint density at radius 3 is 2.29 bits per heavy atom. The van der Waals surface area contributed by atoms with Gasteiger partial charge in [0.25, 0.3) is 0 Å². The molecule has 2 nitrogen and oxygen atoms in total. The van der Waals surface area contributed by atoms with Crippen molar-refractivity contribution in [3.8, 4) is 0 Å². The monoisotopic (exact) mass is 292 g/mol. The van der Waals surface area contributed by atoms with Crippen LogP contribution in [0.25, 0.3) is 0 Å². The van der Waals surface area contributed by atoms with E-state index in [4.69, 9.17) is 0 Å². The second-order valence-electron chi connectivity index (χ2n) is 8.45. The lowest BCUT2D eigenvalue weighted by Gasteiger charge is -2.43. The van der Waals surface area contributed by atoms with Crippen LogP contribution in [0, 0.1) is 17.8 Å². The molecule has 3 fully saturated rings. The Labute approximate surface area is 132 Å². The maximum absolute atomic E-state index is 4.04. The van der Waals surface area contributed by atoms with Gasteiger partial charge in [-0.3, -0.25) is 0 Å². The lowest BCUT2D eigenvalue weighted by molar-refractivity contribution is 0.0790. The molecule has 0 aromatic rings. The third-order valence-electron chi connectivity index (χ3n) is 6.32. The quantitative estimate of drug-likeness (QED) is 0.822. The van der Waals surface area contributed by atoms with Crippen molar-refractivity contribution in [2.24, 2.45) is 17.8 Å². The van der Waals surface area contributed by atoms with Crippen molar-refractivity contribution >= 4 is 0 Å². The summed E-state index contributed by atoms with van der Waals surface area (Å²) in [5, 5.41) is 4.04. The van der Waals surface area contributed by atoms with E-state index in [0.717, 1.165) is 29.8 Å². The summed E-state index contributed by atoms with van der Waals surface area (Å²) in [6.45, 7) is 8.91. The Morgan fingerprint density at radius 1 is 0.905 bits per heavy atom. The van der Waals surface area contributed by atoms with Crippen molar-refractivity contribution in [2.75, 3.05) is 19.6 Å². The number of rotatable bonds is 5. The van der Waals surface area contributed by atoms with Crippen molar-refractivity contribution in [3.05, 3.63) is 0 Å². The van der Waals surface area contributed by atoms with Crippen LogP contribution in [0.1, 0.15) is 71.6 Å². The maximum Gasteiger partial charge on any atom is 0.0200 e. The Balaban J connectivity index is 1.53. The summed E-state index contributed by atoms with van der Waals surface area (Å²) in [6.07, 6.45) is 13.1. The summed E-state index contributed by atoms with van der Waals surface area (Å²) in [5.74, 6) is 2.76. The minimum Gasteiger partial charge on any atom is -0.310 e. The van der Waals surface area contributed by atoms with Crippen LogP contribution >= 0.6 is 0 Å². The number of nitrogens with zero attached hydrogens (tertiary/aromatic N) is 1. The van der Waals surface area contributed by atoms with Crippen LogP contribution in [0.15, 0.2) is 0 Å². The molecule has 0 amide bonds. The van der Waals surface area contributed by atoms with Crippen LogP contribution in [0.2, 0.25) is 0 Å². The highest BCUT2D eigenvalue weighted by Gasteiger charge is 2.32. The molecular formula is C19H36N2. The molecule has 2 atom stereocenters. The molecule has 2 unspecified atom stereocenters. The lowest BCUT2D eigenvalue weighted by Crippen LogP contribution is -2.54. The highest BCUT2D eigenvalue weighted by molar-refractivity contribution is 4.89. The standard InChI is InChI=1S/C19H36N2/c1-15(2)17-11-19(20-18-9-4-3-5-10-18)14-21(13-17)12-16-7-6-8-16/h15-20H,3-14H2,1-2H3. The van der Waals surface area contributed by atoms with Gasteiger partial charge in [0.2, 0.25) is 0 Å². The summed E-state index contributed by atoms with van der Waals surface area (Å²) in [4.78, 5) is 2.80. The van der Waals surface area contributed by atoms with E-state index in [2.05, 4.69) is 24.1 Å². The predicted octanol–water partition coefficient (Wildman–Crippen LogP) is 4.06. The van der Waals surface area contributed by atoms with Crippen molar-refractivity contribution in [1.29, 1.82) is 0 Å². The summed E-state index contributed by atoms with van der Waals surface area (Å²) >= 11 is 0. The number of nitrogens with one attached hydrogen (secondary N) is 1. The van der Waals surface area contributed by atoms with Gasteiger partial charge in [0, 0.05) is 31.7 Å². The molecule has 122 valence electrons. The normalized spacial score (nSPS) is 33.3. The first-order valence-electron chi connectivity index (χ1n) is 9.69. The third kappa shape index (κ3) is 4.45. The Morgan fingerprint density at radius 2 is 1.67 bits per heavy atom. The number of hydrogen-bond donors (Lipinski definition) is 1. The van der Waals surface area contributed by atoms with E-state index in [1.54, 1.807) is 0 Å². The molecule has 21 heavy (non-hydrogen) atoms. The predicted molar refractivity (Wildman–Crippen MR) is 90.5 cm³/mol. The number of piperidine rings is 1. The van der Waals surface area contributed by atoms with Crippen LogP contribution in [0.4, 0.5) is 0 Å². The van der Waals surface area contributed by atoms with Gasteiger partial charge in [0.1, 0.15) is 0 Å². The Hall–Kier alpha value is -0.0800. The largest absolute Gasteiger partial charge is 0.310 e. The molecule has 1 heterocycles. The highest BCUT2D eigenvalue weighted by Crippen LogP contribution is 2.31. The second-order valence-corrected chi connectivity index (χ2v) is 8.45. The fourth-order valence-electron chi connectivity index (χ4n) is 4.63. The van der Waals surface area contributed by atoms with Crippen LogP contribution in [-0.4, -0.2) is 36.6 Å². The van der Waals surface area contributed by atoms with Gasteiger partial charge in [0.05, 0.1) is 0 Å². The second kappa shape index (κ2) is 7.46. The van der Waals surface area contributed by atoms with Crippen LogP contribution < -0.4 is 5.32 Å². The third-order valence-corrected chi connectivity index (χ3v) is 6.32. The van der Waals surface area contributed by atoms with Gasteiger partial charge in [-0.25, -0.2) is 0 Å². The van der Waals surface area contributed by atoms with Crippen LogP contribution in [0.3, 0.4) is 0 Å². The summed E-state index contributed by atoms with van der Waals surface area (Å²) in [7, 11) is 0. The molecule has 0 aromatic heterocycles. The zero-order valence-corrected chi connectivity index (χ0v) is 14.3. The van der Waals surface area contributed by atoms with Gasteiger partial charge in [-0.2, -0.15) is 0 Å². The molecule has 2 heteroatoms. The van der Waals surface area contributed by atoms with Gasteiger partial charge < -0.3 is 10.2 Å². The molecule has 1 N–H and O–H groups in total. The average Bonchev–Trinajstić information content (AvgIpc) is 2.44. The minimum atomic E-state index is 0.759. The molecular weight excluding hydrogens is 256 g/mol. The summed E-state index contributed by atoms with van der Waals surface area (Å²) < 4.78 is 0. The number of hydrogen-bond acceptors (Lipinski definition) is 2. The summed E-state index contributed by atoms with van der Waals surface area (Å²) in [6, 6.07) is 1.58. The maximum atomic E-state index is 4.04. The van der Waals surface area contributed by atoms with Crippen molar-refractivity contribution < 1.29 is 0 Å². The molecule has 2 saturated carbocycles. The summed E-state index contributed by atoms with van der Waals surface area (Å²) in [5.41, 5.74) is 0. The number of likely N-dealkylation sites (tertiary alicyclic amines) is 1. The fraction of sp³-hybridized carbons (Fsp3) is 1.00. The van der Waals surface area contributed by atoms with Crippen molar-refractivity contribution in [1.82, 2.24) is 10.2 Å². The molecule has 3 rings (SSSR count). The minimum absolute atomic E-state index is 0.759. The fourth-order valence-corrected chi connectivity index (χ4v) is 4.63. The van der Waals surface area contributed by atoms with Gasteiger partial charge >= 0.3 is 0 Å². The first kappa shape index (κ1) is 15.8. The van der Waals surface area contributed by atoms with E-state index in [9.17, 15) is 0 Å². The molecule has 0 aromatic carbocycles. The van der Waals surface area contributed by atoms with Crippen LogP contribution in [0.5, 0.6) is 0 Å². The highest BCUT2D eigenvalue weighted by atomic mass is 15.2. The average molecular weight is 293 g/mol. The Kier molecular flexibility index (Phi) is 5.61. The Bertz CT molecular complexity index is 305.